The molecule has 0 saturated carbocycles. The van der Waals surface area contributed by atoms with E-state index in [0.717, 1.165) is 75.4 Å². The second-order valence-electron chi connectivity index (χ2n) is 8.74. The third kappa shape index (κ3) is 5.57. The van der Waals surface area contributed by atoms with Crippen molar-refractivity contribution in [1.82, 2.24) is 9.80 Å². The molecule has 0 atom stereocenters. The van der Waals surface area contributed by atoms with E-state index >= 15 is 0 Å². The zero-order valence-electron chi connectivity index (χ0n) is 17.4. The van der Waals surface area contributed by atoms with Crippen LogP contribution in [-0.2, 0) is 17.8 Å². The first-order valence-corrected chi connectivity index (χ1v) is 11.8. The molecule has 5 heteroatoms. The minimum atomic E-state index is 0.174. The Hall–Kier alpha value is -1.55. The van der Waals surface area contributed by atoms with E-state index in [1.54, 1.807) is 6.07 Å². The number of carbonyl (C=O) groups is 1. The summed E-state index contributed by atoms with van der Waals surface area (Å²) >= 11 is 12.3. The molecule has 2 fully saturated rings. The smallest absolute Gasteiger partial charge is 0.225 e. The zero-order valence-corrected chi connectivity index (χ0v) is 18.9. The molecular weight excluding hydrogens is 415 g/mol. The van der Waals surface area contributed by atoms with E-state index in [4.69, 9.17) is 23.2 Å². The molecule has 2 aromatic carbocycles. The highest BCUT2D eigenvalue weighted by Gasteiger charge is 2.31. The van der Waals surface area contributed by atoms with E-state index < -0.39 is 0 Å². The Kier molecular flexibility index (Phi) is 7.35. The predicted molar refractivity (Wildman–Crippen MR) is 124 cm³/mol. The Morgan fingerprint density at radius 3 is 2.27 bits per heavy atom. The summed E-state index contributed by atoms with van der Waals surface area (Å²) in [5.41, 5.74) is 2.52. The molecule has 160 valence electrons. The molecule has 3 nitrogen and oxygen atoms in total. The summed E-state index contributed by atoms with van der Waals surface area (Å²) < 4.78 is 0. The summed E-state index contributed by atoms with van der Waals surface area (Å²) in [4.78, 5) is 17.6. The molecule has 2 saturated heterocycles. The van der Waals surface area contributed by atoms with E-state index in [2.05, 4.69) is 40.1 Å². The Balaban J connectivity index is 1.22. The summed E-state index contributed by atoms with van der Waals surface area (Å²) in [5.74, 6) is 1.24. The maximum absolute atomic E-state index is 13.0. The summed E-state index contributed by atoms with van der Waals surface area (Å²) in [6.45, 7) is 4.54. The van der Waals surface area contributed by atoms with Gasteiger partial charge in [-0.2, -0.15) is 0 Å². The second kappa shape index (κ2) is 10.2. The van der Waals surface area contributed by atoms with Gasteiger partial charge in [0.2, 0.25) is 5.91 Å². The monoisotopic (exact) mass is 444 g/mol. The van der Waals surface area contributed by atoms with Gasteiger partial charge >= 0.3 is 0 Å². The molecule has 0 spiro atoms. The molecule has 30 heavy (non-hydrogen) atoms. The van der Waals surface area contributed by atoms with E-state index in [-0.39, 0.29) is 5.92 Å². The molecule has 0 aliphatic carbocycles. The van der Waals surface area contributed by atoms with Crippen LogP contribution in [0.15, 0.2) is 48.5 Å². The molecule has 0 unspecified atom stereocenters. The molecule has 0 bridgehead atoms. The van der Waals surface area contributed by atoms with Gasteiger partial charge in [0.05, 0.1) is 0 Å². The molecule has 2 aliphatic heterocycles. The number of hydrogen-bond acceptors (Lipinski definition) is 2. The molecule has 4 rings (SSSR count). The van der Waals surface area contributed by atoms with Gasteiger partial charge in [-0.25, -0.2) is 0 Å². The molecule has 0 radical (unpaired) electrons. The largest absolute Gasteiger partial charge is 0.342 e. The van der Waals surface area contributed by atoms with Gasteiger partial charge in [0.15, 0.2) is 0 Å². The van der Waals surface area contributed by atoms with Crippen LogP contribution in [0.5, 0.6) is 0 Å². The van der Waals surface area contributed by atoms with Crippen LogP contribution < -0.4 is 0 Å². The topological polar surface area (TPSA) is 23.6 Å². The van der Waals surface area contributed by atoms with Crippen LogP contribution in [0, 0.1) is 11.8 Å². The van der Waals surface area contributed by atoms with E-state index in [0.29, 0.717) is 16.8 Å². The molecule has 2 heterocycles. The quantitative estimate of drug-likeness (QED) is 0.591. The number of amides is 1. The van der Waals surface area contributed by atoms with Crippen molar-refractivity contribution in [2.24, 2.45) is 11.8 Å². The summed E-state index contributed by atoms with van der Waals surface area (Å²) in [6, 6.07) is 16.4. The van der Waals surface area contributed by atoms with Crippen molar-refractivity contribution < 1.29 is 4.79 Å². The van der Waals surface area contributed by atoms with Crippen LogP contribution in [0.25, 0.3) is 0 Å². The standard InChI is InChI=1S/C25H30Cl2N2O/c26-23-7-6-22(24(27)17-23)18-28-12-10-21(11-13-28)25(30)29-14-8-20(9-15-29)16-19-4-2-1-3-5-19/h1-7,17,20-21H,8-16,18H2. The van der Waals surface area contributed by atoms with Gasteiger partial charge in [0.1, 0.15) is 0 Å². The maximum atomic E-state index is 13.0. The fraction of sp³-hybridized carbons (Fsp3) is 0.480. The van der Waals surface area contributed by atoms with E-state index in [1.165, 1.54) is 5.56 Å². The molecule has 2 aromatic rings. The molecule has 0 N–H and O–H groups in total. The molecule has 0 aromatic heterocycles. The van der Waals surface area contributed by atoms with Crippen LogP contribution in [0.4, 0.5) is 0 Å². The van der Waals surface area contributed by atoms with Gasteiger partial charge in [-0.05, 0) is 74.4 Å². The molecule has 1 amide bonds. The summed E-state index contributed by atoms with van der Waals surface area (Å²) in [6.07, 6.45) is 5.25. The van der Waals surface area contributed by atoms with Gasteiger partial charge in [0.25, 0.3) is 0 Å². The maximum Gasteiger partial charge on any atom is 0.225 e. The summed E-state index contributed by atoms with van der Waals surface area (Å²) in [5, 5.41) is 1.39. The Morgan fingerprint density at radius 2 is 1.60 bits per heavy atom. The third-order valence-electron chi connectivity index (χ3n) is 6.64. The lowest BCUT2D eigenvalue weighted by molar-refractivity contribution is -0.138. The third-order valence-corrected chi connectivity index (χ3v) is 7.23. The fourth-order valence-corrected chi connectivity index (χ4v) is 5.26. The SMILES string of the molecule is O=C(C1CCN(Cc2ccc(Cl)cc2Cl)CC1)N1CCC(Cc2ccccc2)CC1. The normalized spacial score (nSPS) is 19.2. The number of halogens is 2. The first kappa shape index (κ1) is 21.7. The average molecular weight is 445 g/mol. The number of benzene rings is 2. The van der Waals surface area contributed by atoms with Crippen molar-refractivity contribution in [3.8, 4) is 0 Å². The van der Waals surface area contributed by atoms with Crippen LogP contribution >= 0.6 is 23.2 Å². The lowest BCUT2D eigenvalue weighted by Gasteiger charge is -2.37. The Labute approximate surface area is 190 Å². The first-order chi connectivity index (χ1) is 14.6. The van der Waals surface area contributed by atoms with Crippen LogP contribution in [-0.4, -0.2) is 41.9 Å². The van der Waals surface area contributed by atoms with Crippen LogP contribution in [0.3, 0.4) is 0 Å². The molecule has 2 aliphatic rings. The van der Waals surface area contributed by atoms with Gasteiger partial charge in [-0.1, -0.05) is 59.6 Å². The van der Waals surface area contributed by atoms with Crippen LogP contribution in [0.2, 0.25) is 10.0 Å². The molecular formula is C25H30Cl2N2O. The van der Waals surface area contributed by atoms with Gasteiger partial charge in [0, 0.05) is 35.6 Å². The predicted octanol–water partition coefficient (Wildman–Crippen LogP) is 5.69. The number of rotatable bonds is 5. The minimum absolute atomic E-state index is 0.174. The second-order valence-corrected chi connectivity index (χ2v) is 9.59. The van der Waals surface area contributed by atoms with Crippen molar-refractivity contribution >= 4 is 29.1 Å². The zero-order chi connectivity index (χ0) is 20.9. The highest BCUT2D eigenvalue weighted by molar-refractivity contribution is 6.35. The van der Waals surface area contributed by atoms with Crippen molar-refractivity contribution in [3.63, 3.8) is 0 Å². The fourth-order valence-electron chi connectivity index (χ4n) is 4.79. The first-order valence-electron chi connectivity index (χ1n) is 11.1. The van der Waals surface area contributed by atoms with Gasteiger partial charge in [-0.15, -0.1) is 0 Å². The highest BCUT2D eigenvalue weighted by Crippen LogP contribution is 2.28. The van der Waals surface area contributed by atoms with Gasteiger partial charge < -0.3 is 4.90 Å². The minimum Gasteiger partial charge on any atom is -0.342 e. The highest BCUT2D eigenvalue weighted by atomic mass is 35.5. The lowest BCUT2D eigenvalue weighted by atomic mass is 9.88. The number of carbonyl (C=O) groups excluding carboxylic acids is 1. The lowest BCUT2D eigenvalue weighted by Crippen LogP contribution is -2.45. The average Bonchev–Trinajstić information content (AvgIpc) is 2.77. The van der Waals surface area contributed by atoms with Crippen molar-refractivity contribution in [2.45, 2.75) is 38.6 Å². The Morgan fingerprint density at radius 1 is 0.900 bits per heavy atom. The number of likely N-dealkylation sites (tertiary alicyclic amines) is 2. The Bertz CT molecular complexity index is 841. The van der Waals surface area contributed by atoms with Crippen LogP contribution in [0.1, 0.15) is 36.8 Å². The van der Waals surface area contributed by atoms with Crippen molar-refractivity contribution in [2.75, 3.05) is 26.2 Å². The van der Waals surface area contributed by atoms with E-state index in [1.807, 2.05) is 12.1 Å². The number of hydrogen-bond donors (Lipinski definition) is 0. The van der Waals surface area contributed by atoms with Crippen molar-refractivity contribution in [3.05, 3.63) is 69.7 Å². The van der Waals surface area contributed by atoms with Gasteiger partial charge in [-0.3, -0.25) is 9.69 Å². The summed E-state index contributed by atoms with van der Waals surface area (Å²) in [7, 11) is 0. The van der Waals surface area contributed by atoms with E-state index in [9.17, 15) is 4.79 Å². The van der Waals surface area contributed by atoms with Crippen molar-refractivity contribution in [1.29, 1.82) is 0 Å². The number of piperidine rings is 2. The number of nitrogens with zero attached hydrogens (tertiary/aromatic N) is 2.